The number of hydrogen-bond donors (Lipinski definition) is 2. The molecule has 0 saturated heterocycles. The van der Waals surface area contributed by atoms with E-state index in [1.54, 1.807) is 6.07 Å². The van der Waals surface area contributed by atoms with Crippen molar-refractivity contribution in [3.8, 4) is 11.5 Å². The highest BCUT2D eigenvalue weighted by atomic mass is 16.5. The van der Waals surface area contributed by atoms with Crippen LogP contribution in [0.2, 0.25) is 0 Å². The first-order valence-corrected chi connectivity index (χ1v) is 7.41. The minimum Gasteiger partial charge on any atom is -0.504 e. The summed E-state index contributed by atoms with van der Waals surface area (Å²) >= 11 is 0. The maximum atomic E-state index is 9.68. The van der Waals surface area contributed by atoms with Crippen LogP contribution in [0.3, 0.4) is 0 Å². The lowest BCUT2D eigenvalue weighted by Crippen LogP contribution is -2.19. The number of hydrogen-bond acceptors (Lipinski definition) is 3. The van der Waals surface area contributed by atoms with E-state index in [2.05, 4.69) is 36.5 Å². The lowest BCUT2D eigenvalue weighted by molar-refractivity contribution is 0.317. The Morgan fingerprint density at radius 3 is 2.62 bits per heavy atom. The van der Waals surface area contributed by atoms with Crippen molar-refractivity contribution in [3.05, 3.63) is 59.7 Å². The summed E-state index contributed by atoms with van der Waals surface area (Å²) in [6.45, 7) is 6.35. The summed E-state index contributed by atoms with van der Waals surface area (Å²) in [6, 6.07) is 16.0. The molecule has 0 aliphatic carbocycles. The highest BCUT2D eigenvalue weighted by Crippen LogP contribution is 2.26. The van der Waals surface area contributed by atoms with E-state index >= 15 is 0 Å². The molecule has 0 spiro atoms. The molecule has 3 nitrogen and oxygen atoms in total. The number of aromatic hydroxyl groups is 1. The number of nitrogens with one attached hydrogen (secondary N) is 1. The second-order valence-corrected chi connectivity index (χ2v) is 5.18. The molecule has 0 amide bonds. The van der Waals surface area contributed by atoms with E-state index < -0.39 is 0 Å². The molecule has 112 valence electrons. The van der Waals surface area contributed by atoms with Gasteiger partial charge in [-0.25, -0.2) is 0 Å². The van der Waals surface area contributed by atoms with Gasteiger partial charge in [-0.3, -0.25) is 0 Å². The molecule has 2 aromatic rings. The Labute approximate surface area is 126 Å². The summed E-state index contributed by atoms with van der Waals surface area (Å²) < 4.78 is 5.40. The van der Waals surface area contributed by atoms with Crippen molar-refractivity contribution >= 4 is 0 Å². The van der Waals surface area contributed by atoms with Crippen LogP contribution in [0.4, 0.5) is 0 Å². The first kappa shape index (κ1) is 15.4. The minimum absolute atomic E-state index is 0.193. The van der Waals surface area contributed by atoms with Crippen molar-refractivity contribution < 1.29 is 9.84 Å². The van der Waals surface area contributed by atoms with Gasteiger partial charge in [0.15, 0.2) is 11.5 Å². The Kier molecular flexibility index (Phi) is 5.64. The van der Waals surface area contributed by atoms with Crippen LogP contribution in [0.1, 0.15) is 30.9 Å². The van der Waals surface area contributed by atoms with E-state index in [0.717, 1.165) is 18.7 Å². The van der Waals surface area contributed by atoms with Crippen LogP contribution in [-0.2, 0) is 6.54 Å². The molecule has 0 aliphatic rings. The van der Waals surface area contributed by atoms with Gasteiger partial charge in [0.25, 0.3) is 0 Å². The fourth-order valence-electron chi connectivity index (χ4n) is 2.27. The van der Waals surface area contributed by atoms with Crippen molar-refractivity contribution in [1.29, 1.82) is 0 Å². The standard InChI is InChI=1S/C18H23NO2/c1-3-21-18-11-15(9-10-17(18)20)13-19-12-14(2)16-7-5-4-6-8-16/h4-11,14,19-20H,3,12-13H2,1-2H3. The molecular weight excluding hydrogens is 262 g/mol. The summed E-state index contributed by atoms with van der Waals surface area (Å²) in [6.07, 6.45) is 0. The first-order valence-electron chi connectivity index (χ1n) is 7.41. The van der Waals surface area contributed by atoms with E-state index in [1.165, 1.54) is 5.56 Å². The van der Waals surface area contributed by atoms with Crippen LogP contribution in [0.15, 0.2) is 48.5 Å². The van der Waals surface area contributed by atoms with Crippen LogP contribution in [0.25, 0.3) is 0 Å². The van der Waals surface area contributed by atoms with E-state index in [9.17, 15) is 5.11 Å². The Morgan fingerprint density at radius 1 is 1.14 bits per heavy atom. The van der Waals surface area contributed by atoms with Gasteiger partial charge in [-0.1, -0.05) is 43.3 Å². The van der Waals surface area contributed by atoms with Gasteiger partial charge in [-0.2, -0.15) is 0 Å². The summed E-state index contributed by atoms with van der Waals surface area (Å²) in [7, 11) is 0. The van der Waals surface area contributed by atoms with E-state index in [1.807, 2.05) is 25.1 Å². The molecule has 1 atom stereocenters. The minimum atomic E-state index is 0.193. The van der Waals surface area contributed by atoms with E-state index in [-0.39, 0.29) is 5.75 Å². The third-order valence-electron chi connectivity index (χ3n) is 3.47. The fraction of sp³-hybridized carbons (Fsp3) is 0.333. The lowest BCUT2D eigenvalue weighted by Gasteiger charge is -2.14. The topological polar surface area (TPSA) is 41.5 Å². The maximum absolute atomic E-state index is 9.68. The third kappa shape index (κ3) is 4.50. The highest BCUT2D eigenvalue weighted by molar-refractivity contribution is 5.41. The number of ether oxygens (including phenoxy) is 1. The molecule has 0 bridgehead atoms. The van der Waals surface area contributed by atoms with E-state index in [0.29, 0.717) is 18.3 Å². The SMILES string of the molecule is CCOc1cc(CNCC(C)c2ccccc2)ccc1O. The fourth-order valence-corrected chi connectivity index (χ4v) is 2.27. The second kappa shape index (κ2) is 7.70. The summed E-state index contributed by atoms with van der Waals surface area (Å²) in [5.41, 5.74) is 2.45. The molecule has 1 unspecified atom stereocenters. The van der Waals surface area contributed by atoms with Gasteiger partial charge >= 0.3 is 0 Å². The molecule has 2 N–H and O–H groups in total. The van der Waals surface area contributed by atoms with Crippen LogP contribution in [0.5, 0.6) is 11.5 Å². The smallest absolute Gasteiger partial charge is 0.161 e. The number of rotatable bonds is 7. The van der Waals surface area contributed by atoms with E-state index in [4.69, 9.17) is 4.74 Å². The Balaban J connectivity index is 1.87. The molecule has 0 aromatic heterocycles. The van der Waals surface area contributed by atoms with Crippen LogP contribution >= 0.6 is 0 Å². The Morgan fingerprint density at radius 2 is 1.90 bits per heavy atom. The zero-order valence-corrected chi connectivity index (χ0v) is 12.7. The molecule has 2 rings (SSSR count). The molecule has 0 aliphatic heterocycles. The predicted molar refractivity (Wildman–Crippen MR) is 85.8 cm³/mol. The Bertz CT molecular complexity index is 554. The average Bonchev–Trinajstić information content (AvgIpc) is 2.51. The van der Waals surface area contributed by atoms with Crippen LogP contribution < -0.4 is 10.1 Å². The van der Waals surface area contributed by atoms with Crippen molar-refractivity contribution in [2.75, 3.05) is 13.2 Å². The van der Waals surface area contributed by atoms with Crippen molar-refractivity contribution in [1.82, 2.24) is 5.32 Å². The van der Waals surface area contributed by atoms with Crippen LogP contribution in [0, 0.1) is 0 Å². The lowest BCUT2D eigenvalue weighted by atomic mass is 10.0. The molecule has 21 heavy (non-hydrogen) atoms. The number of benzene rings is 2. The summed E-state index contributed by atoms with van der Waals surface area (Å²) in [4.78, 5) is 0. The maximum Gasteiger partial charge on any atom is 0.161 e. The Hall–Kier alpha value is -2.00. The number of phenols is 1. The van der Waals surface area contributed by atoms with Gasteiger partial charge in [-0.05, 0) is 36.1 Å². The summed E-state index contributed by atoms with van der Waals surface area (Å²) in [5.74, 6) is 1.21. The molecule has 3 heteroatoms. The highest BCUT2D eigenvalue weighted by Gasteiger charge is 2.06. The largest absolute Gasteiger partial charge is 0.504 e. The van der Waals surface area contributed by atoms with Gasteiger partial charge in [0, 0.05) is 13.1 Å². The normalized spacial score (nSPS) is 12.1. The molecule has 0 radical (unpaired) electrons. The zero-order chi connectivity index (χ0) is 15.1. The van der Waals surface area contributed by atoms with Crippen molar-refractivity contribution in [2.24, 2.45) is 0 Å². The van der Waals surface area contributed by atoms with Gasteiger partial charge < -0.3 is 15.2 Å². The predicted octanol–water partition coefficient (Wildman–Crippen LogP) is 3.68. The van der Waals surface area contributed by atoms with Gasteiger partial charge in [0.1, 0.15) is 0 Å². The molecular formula is C18H23NO2. The molecule has 0 fully saturated rings. The van der Waals surface area contributed by atoms with Crippen molar-refractivity contribution in [2.45, 2.75) is 26.3 Å². The summed E-state index contributed by atoms with van der Waals surface area (Å²) in [5, 5.41) is 13.1. The zero-order valence-electron chi connectivity index (χ0n) is 12.7. The molecule has 0 heterocycles. The molecule has 2 aromatic carbocycles. The third-order valence-corrected chi connectivity index (χ3v) is 3.47. The van der Waals surface area contributed by atoms with Crippen LogP contribution in [-0.4, -0.2) is 18.3 Å². The van der Waals surface area contributed by atoms with Crippen molar-refractivity contribution in [3.63, 3.8) is 0 Å². The second-order valence-electron chi connectivity index (χ2n) is 5.18. The monoisotopic (exact) mass is 285 g/mol. The molecule has 0 saturated carbocycles. The first-order chi connectivity index (χ1) is 10.2. The van der Waals surface area contributed by atoms with Gasteiger partial charge in [-0.15, -0.1) is 0 Å². The quantitative estimate of drug-likeness (QED) is 0.815. The number of phenolic OH excluding ortho intramolecular Hbond substituents is 1. The van der Waals surface area contributed by atoms with Gasteiger partial charge in [0.05, 0.1) is 6.61 Å². The van der Waals surface area contributed by atoms with Gasteiger partial charge in [0.2, 0.25) is 0 Å². The average molecular weight is 285 g/mol.